The van der Waals surface area contributed by atoms with E-state index >= 15 is 0 Å². The summed E-state index contributed by atoms with van der Waals surface area (Å²) in [4.78, 5) is 2.59. The Balaban J connectivity index is 1.93. The van der Waals surface area contributed by atoms with Gasteiger partial charge < -0.3 is 10.3 Å². The maximum atomic E-state index is 5.85. The van der Waals surface area contributed by atoms with Gasteiger partial charge in [0.1, 0.15) is 5.76 Å². The molecule has 2 unspecified atom stereocenters. The van der Waals surface area contributed by atoms with Crippen LogP contribution in [0.1, 0.15) is 42.3 Å². The topological polar surface area (TPSA) is 55.3 Å². The van der Waals surface area contributed by atoms with E-state index < -0.39 is 0 Å². The van der Waals surface area contributed by atoms with E-state index in [2.05, 4.69) is 17.0 Å². The van der Waals surface area contributed by atoms with Gasteiger partial charge in [-0.15, -0.1) is 0 Å². The third kappa shape index (κ3) is 1.89. The molecule has 2 atom stereocenters. The van der Waals surface area contributed by atoms with Crippen LogP contribution in [0.25, 0.3) is 0 Å². The minimum absolute atomic E-state index is 0.501. The lowest BCUT2D eigenvalue weighted by molar-refractivity contribution is 0.185. The molecular formula is C13H21N3O. The highest BCUT2D eigenvalue weighted by Gasteiger charge is 2.35. The Bertz CT molecular complexity index is 395. The van der Waals surface area contributed by atoms with Gasteiger partial charge in [0.2, 0.25) is 0 Å². The van der Waals surface area contributed by atoms with Crippen LogP contribution < -0.4 is 5.73 Å². The maximum Gasteiger partial charge on any atom is 0.142 e. The lowest BCUT2D eigenvalue weighted by Crippen LogP contribution is -2.34. The molecule has 2 aliphatic rings. The summed E-state index contributed by atoms with van der Waals surface area (Å²) >= 11 is 0. The highest BCUT2D eigenvalue weighted by Crippen LogP contribution is 2.39. The maximum absolute atomic E-state index is 5.85. The first kappa shape index (κ1) is 11.2. The van der Waals surface area contributed by atoms with Crippen LogP contribution in [0.3, 0.4) is 0 Å². The molecule has 2 N–H and O–H groups in total. The van der Waals surface area contributed by atoms with E-state index in [1.54, 1.807) is 0 Å². The van der Waals surface area contributed by atoms with Crippen LogP contribution >= 0.6 is 0 Å². The summed E-state index contributed by atoms with van der Waals surface area (Å²) in [5.74, 6) is 1.64. The van der Waals surface area contributed by atoms with E-state index in [1.807, 2.05) is 0 Å². The minimum Gasteiger partial charge on any atom is -0.361 e. The van der Waals surface area contributed by atoms with Gasteiger partial charge in [0.15, 0.2) is 0 Å². The molecule has 4 nitrogen and oxygen atoms in total. The Kier molecular flexibility index (Phi) is 2.92. The number of nitrogens with two attached hydrogens (primary N) is 1. The number of aryl methyl sites for hydroxylation is 1. The molecule has 1 aromatic heterocycles. The minimum atomic E-state index is 0.501. The number of fused-ring (bicyclic) bond motifs is 1. The molecule has 1 fully saturated rings. The number of nitrogens with zero attached hydrogens (tertiary/aromatic N) is 2. The van der Waals surface area contributed by atoms with Crippen molar-refractivity contribution in [3.63, 3.8) is 0 Å². The number of likely N-dealkylation sites (tertiary alicyclic amines) is 1. The first-order chi connectivity index (χ1) is 8.29. The molecule has 1 aliphatic carbocycles. The molecule has 0 radical (unpaired) electrons. The van der Waals surface area contributed by atoms with Gasteiger partial charge in [-0.1, -0.05) is 5.16 Å². The van der Waals surface area contributed by atoms with E-state index in [0.29, 0.717) is 12.0 Å². The summed E-state index contributed by atoms with van der Waals surface area (Å²) in [6.45, 7) is 5.25. The standard InChI is InChI=1S/C13H21N3O/c1-9-13-11(16-4-2-3-5-16)6-10(8-14)7-12(13)17-15-9/h10-11H,2-8,14H2,1H3. The molecule has 0 amide bonds. The molecular weight excluding hydrogens is 214 g/mol. The third-order valence-electron chi connectivity index (χ3n) is 4.26. The van der Waals surface area contributed by atoms with E-state index in [9.17, 15) is 0 Å². The van der Waals surface area contributed by atoms with E-state index in [1.165, 1.54) is 37.9 Å². The number of hydrogen-bond donors (Lipinski definition) is 1. The Labute approximate surface area is 102 Å². The van der Waals surface area contributed by atoms with Crippen LogP contribution in [-0.2, 0) is 6.42 Å². The molecule has 1 aliphatic heterocycles. The Morgan fingerprint density at radius 1 is 1.41 bits per heavy atom. The summed E-state index contributed by atoms with van der Waals surface area (Å²) < 4.78 is 5.48. The second kappa shape index (κ2) is 4.42. The van der Waals surface area contributed by atoms with Gasteiger partial charge in [-0.3, -0.25) is 4.90 Å². The van der Waals surface area contributed by atoms with Crippen molar-refractivity contribution in [2.24, 2.45) is 11.7 Å². The van der Waals surface area contributed by atoms with Crippen LogP contribution in [0.5, 0.6) is 0 Å². The van der Waals surface area contributed by atoms with Gasteiger partial charge in [-0.25, -0.2) is 0 Å². The molecule has 0 saturated carbocycles. The van der Waals surface area contributed by atoms with Crippen molar-refractivity contribution in [2.45, 2.75) is 38.6 Å². The molecule has 4 heteroatoms. The second-order valence-electron chi connectivity index (χ2n) is 5.41. The smallest absolute Gasteiger partial charge is 0.142 e. The molecule has 0 aromatic carbocycles. The fraction of sp³-hybridized carbons (Fsp3) is 0.769. The summed E-state index contributed by atoms with van der Waals surface area (Å²) in [7, 11) is 0. The van der Waals surface area contributed by atoms with Gasteiger partial charge >= 0.3 is 0 Å². The number of rotatable bonds is 2. The molecule has 0 bridgehead atoms. The first-order valence-corrected chi connectivity index (χ1v) is 6.68. The van der Waals surface area contributed by atoms with Gasteiger partial charge in [-0.2, -0.15) is 0 Å². The average Bonchev–Trinajstić information content (AvgIpc) is 2.98. The van der Waals surface area contributed by atoms with Crippen LogP contribution in [0, 0.1) is 12.8 Å². The zero-order chi connectivity index (χ0) is 11.8. The van der Waals surface area contributed by atoms with E-state index in [4.69, 9.17) is 10.3 Å². The van der Waals surface area contributed by atoms with Gasteiger partial charge in [-0.05, 0) is 51.7 Å². The normalized spacial score (nSPS) is 29.5. The Hall–Kier alpha value is -0.870. The van der Waals surface area contributed by atoms with Crippen LogP contribution in [0.4, 0.5) is 0 Å². The lowest BCUT2D eigenvalue weighted by atomic mass is 9.83. The van der Waals surface area contributed by atoms with Gasteiger partial charge in [0.05, 0.1) is 5.69 Å². The molecule has 1 saturated heterocycles. The molecule has 1 aromatic rings. The van der Waals surface area contributed by atoms with Crippen LogP contribution in [-0.4, -0.2) is 29.7 Å². The largest absolute Gasteiger partial charge is 0.361 e. The summed E-state index contributed by atoms with van der Waals surface area (Å²) in [5, 5.41) is 4.15. The van der Waals surface area contributed by atoms with Crippen molar-refractivity contribution in [3.8, 4) is 0 Å². The van der Waals surface area contributed by atoms with Crippen LogP contribution in [0.2, 0.25) is 0 Å². The zero-order valence-electron chi connectivity index (χ0n) is 10.5. The van der Waals surface area contributed by atoms with Crippen molar-refractivity contribution < 1.29 is 4.52 Å². The highest BCUT2D eigenvalue weighted by atomic mass is 16.5. The monoisotopic (exact) mass is 235 g/mol. The van der Waals surface area contributed by atoms with Gasteiger partial charge in [0, 0.05) is 18.0 Å². The second-order valence-corrected chi connectivity index (χ2v) is 5.41. The fourth-order valence-electron chi connectivity index (χ4n) is 3.34. The van der Waals surface area contributed by atoms with Crippen molar-refractivity contribution in [1.82, 2.24) is 10.1 Å². The fourth-order valence-corrected chi connectivity index (χ4v) is 3.34. The SMILES string of the molecule is Cc1noc2c1C(N1CCCC1)CC(CN)C2. The van der Waals surface area contributed by atoms with E-state index in [-0.39, 0.29) is 0 Å². The predicted molar refractivity (Wildman–Crippen MR) is 65.7 cm³/mol. The van der Waals surface area contributed by atoms with Crippen molar-refractivity contribution in [3.05, 3.63) is 17.0 Å². The van der Waals surface area contributed by atoms with Crippen molar-refractivity contribution >= 4 is 0 Å². The van der Waals surface area contributed by atoms with Crippen LogP contribution in [0.15, 0.2) is 4.52 Å². The molecule has 0 spiro atoms. The van der Waals surface area contributed by atoms with Crippen molar-refractivity contribution in [1.29, 1.82) is 0 Å². The molecule has 3 rings (SSSR count). The summed E-state index contributed by atoms with van der Waals surface area (Å²) in [6, 6.07) is 0.501. The highest BCUT2D eigenvalue weighted by molar-refractivity contribution is 5.29. The Morgan fingerprint density at radius 2 is 2.18 bits per heavy atom. The number of aromatic nitrogens is 1. The van der Waals surface area contributed by atoms with Gasteiger partial charge in [0.25, 0.3) is 0 Å². The number of hydrogen-bond acceptors (Lipinski definition) is 4. The predicted octanol–water partition coefficient (Wildman–Crippen LogP) is 1.64. The first-order valence-electron chi connectivity index (χ1n) is 6.68. The Morgan fingerprint density at radius 3 is 2.88 bits per heavy atom. The average molecular weight is 235 g/mol. The van der Waals surface area contributed by atoms with Crippen molar-refractivity contribution in [2.75, 3.05) is 19.6 Å². The molecule has 94 valence electrons. The lowest BCUT2D eigenvalue weighted by Gasteiger charge is -2.34. The summed E-state index contributed by atoms with van der Waals surface area (Å²) in [5.41, 5.74) is 8.28. The zero-order valence-corrected chi connectivity index (χ0v) is 10.5. The quantitative estimate of drug-likeness (QED) is 0.846. The van der Waals surface area contributed by atoms with E-state index in [0.717, 1.165) is 24.4 Å². The molecule has 17 heavy (non-hydrogen) atoms. The third-order valence-corrected chi connectivity index (χ3v) is 4.26. The summed E-state index contributed by atoms with van der Waals surface area (Å²) in [6.07, 6.45) is 4.79. The molecule has 2 heterocycles.